The van der Waals surface area contributed by atoms with Crippen LogP contribution in [0.1, 0.15) is 44.3 Å². The number of hydrogen-bond donors (Lipinski definition) is 1. The molecule has 2 fully saturated rings. The highest BCUT2D eigenvalue weighted by Gasteiger charge is 2.45. The summed E-state index contributed by atoms with van der Waals surface area (Å²) >= 11 is 0. The number of likely N-dealkylation sites (tertiary alicyclic amines) is 1. The van der Waals surface area contributed by atoms with Crippen LogP contribution in [0.2, 0.25) is 0 Å². The van der Waals surface area contributed by atoms with E-state index in [-0.39, 0.29) is 24.8 Å². The Morgan fingerprint density at radius 2 is 2.00 bits per heavy atom. The summed E-state index contributed by atoms with van der Waals surface area (Å²) in [5, 5.41) is 14.0. The fourth-order valence-corrected chi connectivity index (χ4v) is 4.67. The summed E-state index contributed by atoms with van der Waals surface area (Å²) in [7, 11) is 0. The molecule has 1 aliphatic heterocycles. The van der Waals surface area contributed by atoms with Gasteiger partial charge in [-0.25, -0.2) is 4.39 Å². The smallest absolute Gasteiger partial charge is 0.311 e. The Morgan fingerprint density at radius 1 is 1.24 bits per heavy atom. The van der Waals surface area contributed by atoms with Crippen LogP contribution < -0.4 is 0 Å². The number of nitrogens with zero attached hydrogens (tertiary/aromatic N) is 2. The molecule has 1 unspecified atom stereocenters. The highest BCUT2D eigenvalue weighted by Crippen LogP contribution is 2.37. The van der Waals surface area contributed by atoms with Gasteiger partial charge in [-0.15, -0.1) is 0 Å². The van der Waals surface area contributed by atoms with Gasteiger partial charge in [0, 0.05) is 37.1 Å². The number of carboxylic acids is 1. The summed E-state index contributed by atoms with van der Waals surface area (Å²) in [6, 6.07) is 7.85. The van der Waals surface area contributed by atoms with Gasteiger partial charge in [-0.1, -0.05) is 30.1 Å². The molecule has 2 heterocycles. The number of benzene rings is 1. The van der Waals surface area contributed by atoms with Crippen LogP contribution in [-0.2, 0) is 16.0 Å². The normalized spacial score (nSPS) is 22.7. The van der Waals surface area contributed by atoms with Crippen molar-refractivity contribution in [2.75, 3.05) is 13.1 Å². The molecule has 6 nitrogen and oxygen atoms in total. The van der Waals surface area contributed by atoms with E-state index in [1.807, 2.05) is 0 Å². The number of carbonyl (C=O) groups is 2. The minimum absolute atomic E-state index is 0.0255. The van der Waals surface area contributed by atoms with Crippen LogP contribution >= 0.6 is 0 Å². The quantitative estimate of drug-likeness (QED) is 0.823. The summed E-state index contributed by atoms with van der Waals surface area (Å²) in [5.74, 6) is -0.854. The molecule has 154 valence electrons. The summed E-state index contributed by atoms with van der Waals surface area (Å²) in [6.07, 6.45) is 5.13. The van der Waals surface area contributed by atoms with Crippen molar-refractivity contribution in [3.63, 3.8) is 0 Å². The molecule has 1 saturated heterocycles. The summed E-state index contributed by atoms with van der Waals surface area (Å²) in [6.45, 7) is 0.772. The number of amides is 1. The Balaban J connectivity index is 1.54. The number of carbonyl (C=O) groups excluding carboxylic acids is 1. The predicted octanol–water partition coefficient (Wildman–Crippen LogP) is 3.91. The monoisotopic (exact) mass is 400 g/mol. The minimum atomic E-state index is -1.11. The van der Waals surface area contributed by atoms with Crippen LogP contribution in [0.15, 0.2) is 34.9 Å². The first-order valence-electron chi connectivity index (χ1n) is 10.2. The van der Waals surface area contributed by atoms with E-state index in [9.17, 15) is 19.1 Å². The van der Waals surface area contributed by atoms with Crippen molar-refractivity contribution in [2.24, 2.45) is 11.3 Å². The molecule has 4 rings (SSSR count). The van der Waals surface area contributed by atoms with E-state index in [1.165, 1.54) is 6.07 Å². The van der Waals surface area contributed by atoms with Crippen LogP contribution in [0, 0.1) is 17.2 Å². The second-order valence-electron chi connectivity index (χ2n) is 8.27. The van der Waals surface area contributed by atoms with Gasteiger partial charge in [-0.3, -0.25) is 9.59 Å². The molecule has 1 saturated carbocycles. The summed E-state index contributed by atoms with van der Waals surface area (Å²) < 4.78 is 19.4. The maximum Gasteiger partial charge on any atom is 0.311 e. The van der Waals surface area contributed by atoms with Gasteiger partial charge in [0.05, 0.1) is 5.41 Å². The molecule has 1 aliphatic carbocycles. The topological polar surface area (TPSA) is 83.6 Å². The Morgan fingerprint density at radius 3 is 2.72 bits per heavy atom. The van der Waals surface area contributed by atoms with Crippen molar-refractivity contribution in [2.45, 2.75) is 44.9 Å². The molecule has 2 aromatic rings. The standard InChI is InChI=1S/C22H25FN2O4/c23-18-9-4-3-8-17(18)19-12-16(29-24-19)13-22(21(27)28)10-5-11-25(14-22)20(26)15-6-1-2-7-15/h3-4,8-9,12,15H,1-2,5-7,10-11,13-14H2,(H,27,28). The Labute approximate surface area is 168 Å². The number of halogens is 1. The fraction of sp³-hybridized carbons (Fsp3) is 0.500. The van der Waals surface area contributed by atoms with Crippen LogP contribution in [-0.4, -0.2) is 40.1 Å². The average Bonchev–Trinajstić information content (AvgIpc) is 3.40. The third-order valence-corrected chi connectivity index (χ3v) is 6.27. The molecule has 1 aromatic heterocycles. The highest BCUT2D eigenvalue weighted by molar-refractivity contribution is 5.81. The largest absolute Gasteiger partial charge is 0.481 e. The van der Waals surface area contributed by atoms with Gasteiger partial charge in [-0.2, -0.15) is 0 Å². The molecule has 1 N–H and O–H groups in total. The van der Waals surface area contributed by atoms with Crippen molar-refractivity contribution in [3.05, 3.63) is 41.9 Å². The van der Waals surface area contributed by atoms with E-state index < -0.39 is 17.2 Å². The maximum absolute atomic E-state index is 14.0. The lowest BCUT2D eigenvalue weighted by Crippen LogP contribution is -2.52. The number of rotatable bonds is 5. The number of aromatic nitrogens is 1. The van der Waals surface area contributed by atoms with Crippen LogP contribution in [0.4, 0.5) is 4.39 Å². The molecule has 2 aliphatic rings. The summed E-state index contributed by atoms with van der Waals surface area (Å²) in [4.78, 5) is 26.8. The first-order valence-corrected chi connectivity index (χ1v) is 10.2. The lowest BCUT2D eigenvalue weighted by Gasteiger charge is -2.40. The second kappa shape index (κ2) is 7.97. The zero-order chi connectivity index (χ0) is 20.4. The van der Waals surface area contributed by atoms with E-state index >= 15 is 0 Å². The zero-order valence-electron chi connectivity index (χ0n) is 16.3. The highest BCUT2D eigenvalue weighted by atomic mass is 19.1. The van der Waals surface area contributed by atoms with Crippen molar-refractivity contribution in [1.29, 1.82) is 0 Å². The number of hydrogen-bond acceptors (Lipinski definition) is 4. The van der Waals surface area contributed by atoms with Gasteiger partial charge < -0.3 is 14.5 Å². The van der Waals surface area contributed by atoms with Crippen molar-refractivity contribution >= 4 is 11.9 Å². The van der Waals surface area contributed by atoms with Crippen LogP contribution in [0.3, 0.4) is 0 Å². The predicted molar refractivity (Wildman–Crippen MR) is 103 cm³/mol. The van der Waals surface area contributed by atoms with Crippen molar-refractivity contribution in [1.82, 2.24) is 10.1 Å². The molecule has 1 amide bonds. The van der Waals surface area contributed by atoms with Crippen LogP contribution in [0.5, 0.6) is 0 Å². The molecule has 0 bridgehead atoms. The average molecular weight is 400 g/mol. The minimum Gasteiger partial charge on any atom is -0.481 e. The van der Waals surface area contributed by atoms with E-state index in [1.54, 1.807) is 29.2 Å². The number of piperidine rings is 1. The molecular weight excluding hydrogens is 375 g/mol. The van der Waals surface area contributed by atoms with E-state index in [0.717, 1.165) is 25.7 Å². The first-order chi connectivity index (χ1) is 14.0. The lowest BCUT2D eigenvalue weighted by atomic mass is 9.76. The van der Waals surface area contributed by atoms with Gasteiger partial charge in [-0.05, 0) is 37.8 Å². The van der Waals surface area contributed by atoms with Gasteiger partial charge in [0.1, 0.15) is 17.3 Å². The molecule has 1 atom stereocenters. The number of carboxylic acid groups (broad SMARTS) is 1. The maximum atomic E-state index is 14.0. The first kappa shape index (κ1) is 19.6. The van der Waals surface area contributed by atoms with Gasteiger partial charge in [0.15, 0.2) is 0 Å². The Hall–Kier alpha value is -2.70. The molecule has 7 heteroatoms. The number of aliphatic carboxylic acids is 1. The van der Waals surface area contributed by atoms with Crippen molar-refractivity contribution < 1.29 is 23.6 Å². The van der Waals surface area contributed by atoms with Crippen molar-refractivity contribution in [3.8, 4) is 11.3 Å². The van der Waals surface area contributed by atoms with Gasteiger partial charge in [0.2, 0.25) is 5.91 Å². The SMILES string of the molecule is O=C(C1CCCC1)N1CCCC(Cc2cc(-c3ccccc3F)no2)(C(=O)O)C1. The lowest BCUT2D eigenvalue weighted by molar-refractivity contribution is -0.156. The third kappa shape index (κ3) is 3.91. The zero-order valence-corrected chi connectivity index (χ0v) is 16.3. The van der Waals surface area contributed by atoms with E-state index in [4.69, 9.17) is 4.52 Å². The second-order valence-corrected chi connectivity index (χ2v) is 8.27. The van der Waals surface area contributed by atoms with Crippen LogP contribution in [0.25, 0.3) is 11.3 Å². The van der Waals surface area contributed by atoms with Gasteiger partial charge >= 0.3 is 5.97 Å². The third-order valence-electron chi connectivity index (χ3n) is 6.27. The summed E-state index contributed by atoms with van der Waals surface area (Å²) in [5.41, 5.74) is -0.458. The van der Waals surface area contributed by atoms with E-state index in [0.29, 0.717) is 36.4 Å². The van der Waals surface area contributed by atoms with E-state index in [2.05, 4.69) is 5.16 Å². The Kier molecular flexibility index (Phi) is 5.39. The Bertz CT molecular complexity index is 906. The molecule has 1 aromatic carbocycles. The fourth-order valence-electron chi connectivity index (χ4n) is 4.67. The molecule has 29 heavy (non-hydrogen) atoms. The molecular formula is C22H25FN2O4. The molecule has 0 radical (unpaired) electrons. The van der Waals surface area contributed by atoms with Gasteiger partial charge in [0.25, 0.3) is 0 Å². The molecule has 0 spiro atoms.